The standard InChI is InChI=1S/C37H41FN8O2/c1-24-7-10-31(27(4)26(24)3)32-11-8-28(22-46-16-6-14-40-46)19-29(32)23-48-37(47)43-35-13-15-39-36(42-35)41-30-9-12-34(33(38)20-30)45-18-17-44(5)25(2)21-45/h6-16,19-20,25H,17-18,21-23H2,1-5H3,(H2,39,41,42,43,47). The molecule has 1 saturated heterocycles. The van der Waals surface area contributed by atoms with Crippen molar-refractivity contribution >= 4 is 29.2 Å². The number of aromatic nitrogens is 4. The van der Waals surface area contributed by atoms with Crippen molar-refractivity contribution in [3.05, 3.63) is 113 Å². The van der Waals surface area contributed by atoms with E-state index in [0.29, 0.717) is 24.0 Å². The maximum atomic E-state index is 15.1. The fourth-order valence-electron chi connectivity index (χ4n) is 5.97. The topological polar surface area (TPSA) is 100 Å². The number of halogens is 1. The predicted octanol–water partition coefficient (Wildman–Crippen LogP) is 7.09. The highest BCUT2D eigenvalue weighted by atomic mass is 19.1. The lowest BCUT2D eigenvalue weighted by atomic mass is 9.91. The molecule has 11 heteroatoms. The molecule has 1 aliphatic heterocycles. The third-order valence-corrected chi connectivity index (χ3v) is 9.17. The van der Waals surface area contributed by atoms with Crippen molar-refractivity contribution in [2.24, 2.45) is 0 Å². The van der Waals surface area contributed by atoms with Crippen molar-refractivity contribution in [1.29, 1.82) is 0 Å². The van der Waals surface area contributed by atoms with Gasteiger partial charge < -0.3 is 19.9 Å². The van der Waals surface area contributed by atoms with Crippen LogP contribution < -0.4 is 15.5 Å². The summed E-state index contributed by atoms with van der Waals surface area (Å²) in [7, 11) is 2.08. The first-order valence-corrected chi connectivity index (χ1v) is 16.1. The maximum absolute atomic E-state index is 15.1. The lowest BCUT2D eigenvalue weighted by Crippen LogP contribution is -2.50. The van der Waals surface area contributed by atoms with E-state index in [1.54, 1.807) is 24.4 Å². The number of aryl methyl sites for hydroxylation is 1. The smallest absolute Gasteiger partial charge is 0.413 e. The van der Waals surface area contributed by atoms with Gasteiger partial charge in [0.05, 0.1) is 12.2 Å². The Bertz CT molecular complexity index is 1910. The molecule has 48 heavy (non-hydrogen) atoms. The Balaban J connectivity index is 1.13. The molecule has 0 bridgehead atoms. The van der Waals surface area contributed by atoms with E-state index in [9.17, 15) is 4.79 Å². The summed E-state index contributed by atoms with van der Waals surface area (Å²) in [6.07, 6.45) is 4.52. The summed E-state index contributed by atoms with van der Waals surface area (Å²) in [4.78, 5) is 26.0. The van der Waals surface area contributed by atoms with Crippen LogP contribution in [0.4, 0.5) is 32.3 Å². The molecule has 6 rings (SSSR count). The highest BCUT2D eigenvalue weighted by Crippen LogP contribution is 2.32. The molecule has 0 saturated carbocycles. The number of hydrogen-bond donors (Lipinski definition) is 2. The SMILES string of the molecule is Cc1ccc(-c2ccc(Cn3cccn3)cc2COC(=O)Nc2ccnc(Nc3ccc(N4CCN(C)C(C)C4)c(F)c3)n2)c(C)c1C. The molecule has 248 valence electrons. The Morgan fingerprint density at radius 2 is 1.83 bits per heavy atom. The summed E-state index contributed by atoms with van der Waals surface area (Å²) < 4.78 is 22.7. The third kappa shape index (κ3) is 7.47. The van der Waals surface area contributed by atoms with Gasteiger partial charge in [0.1, 0.15) is 18.2 Å². The Labute approximate surface area is 280 Å². The zero-order chi connectivity index (χ0) is 33.8. The van der Waals surface area contributed by atoms with Crippen LogP contribution in [-0.4, -0.2) is 63.5 Å². The zero-order valence-electron chi connectivity index (χ0n) is 28.0. The van der Waals surface area contributed by atoms with E-state index in [1.807, 2.05) is 16.9 Å². The highest BCUT2D eigenvalue weighted by molar-refractivity contribution is 5.83. The average Bonchev–Trinajstić information content (AvgIpc) is 3.58. The number of nitrogens with one attached hydrogen (secondary N) is 2. The second kappa shape index (κ2) is 14.2. The fourth-order valence-corrected chi connectivity index (χ4v) is 5.97. The van der Waals surface area contributed by atoms with Gasteiger partial charge in [0.2, 0.25) is 5.95 Å². The Kier molecular flexibility index (Phi) is 9.67. The summed E-state index contributed by atoms with van der Waals surface area (Å²) in [5, 5.41) is 10.1. The van der Waals surface area contributed by atoms with Crippen LogP contribution in [-0.2, 0) is 17.9 Å². The molecule has 2 N–H and O–H groups in total. The zero-order valence-corrected chi connectivity index (χ0v) is 28.0. The van der Waals surface area contributed by atoms with Crippen LogP contribution in [0.3, 0.4) is 0 Å². The minimum absolute atomic E-state index is 0.0500. The van der Waals surface area contributed by atoms with Crippen molar-refractivity contribution < 1.29 is 13.9 Å². The van der Waals surface area contributed by atoms with Crippen LogP contribution in [0.1, 0.15) is 34.7 Å². The molecule has 1 unspecified atom stereocenters. The number of anilines is 4. The molecule has 1 fully saturated rings. The van der Waals surface area contributed by atoms with E-state index < -0.39 is 6.09 Å². The molecular formula is C37H41FN8O2. The minimum Gasteiger partial charge on any atom is -0.444 e. The Morgan fingerprint density at radius 3 is 2.60 bits per heavy atom. The van der Waals surface area contributed by atoms with Crippen LogP contribution in [0.25, 0.3) is 11.1 Å². The summed E-state index contributed by atoms with van der Waals surface area (Å²) >= 11 is 0. The lowest BCUT2D eigenvalue weighted by molar-refractivity contribution is 0.155. The van der Waals surface area contributed by atoms with Gasteiger partial charge in [-0.2, -0.15) is 10.1 Å². The van der Waals surface area contributed by atoms with Gasteiger partial charge in [-0.15, -0.1) is 0 Å². The van der Waals surface area contributed by atoms with Gasteiger partial charge in [-0.05, 0) is 110 Å². The van der Waals surface area contributed by atoms with Crippen molar-refractivity contribution in [3.63, 3.8) is 0 Å². The first-order valence-electron chi connectivity index (χ1n) is 16.1. The van der Waals surface area contributed by atoms with Crippen molar-refractivity contribution in [1.82, 2.24) is 24.6 Å². The Morgan fingerprint density at radius 1 is 1.00 bits per heavy atom. The normalized spacial score (nSPS) is 15.0. The fraction of sp³-hybridized carbons (Fsp3) is 0.297. The first-order chi connectivity index (χ1) is 23.1. The molecule has 0 spiro atoms. The molecule has 3 heterocycles. The molecule has 3 aromatic carbocycles. The van der Waals surface area contributed by atoms with E-state index in [0.717, 1.165) is 41.9 Å². The monoisotopic (exact) mass is 648 g/mol. The van der Waals surface area contributed by atoms with Gasteiger partial charge in [-0.3, -0.25) is 10.00 Å². The number of nitrogens with zero attached hydrogens (tertiary/aromatic N) is 6. The van der Waals surface area contributed by atoms with Gasteiger partial charge in [-0.25, -0.2) is 14.2 Å². The van der Waals surface area contributed by atoms with Gasteiger partial charge in [0.25, 0.3) is 0 Å². The minimum atomic E-state index is -0.656. The molecule has 1 aliphatic rings. The van der Waals surface area contributed by atoms with Crippen molar-refractivity contribution in [2.75, 3.05) is 42.2 Å². The second-order valence-corrected chi connectivity index (χ2v) is 12.4. The summed E-state index contributed by atoms with van der Waals surface area (Å²) in [6.45, 7) is 11.5. The highest BCUT2D eigenvalue weighted by Gasteiger charge is 2.23. The summed E-state index contributed by atoms with van der Waals surface area (Å²) in [6, 6.07) is 19.3. The largest absolute Gasteiger partial charge is 0.444 e. The summed E-state index contributed by atoms with van der Waals surface area (Å²) in [5.41, 5.74) is 8.73. The molecule has 1 atom stereocenters. The molecular weight excluding hydrogens is 607 g/mol. The van der Waals surface area contributed by atoms with Crippen LogP contribution in [0.5, 0.6) is 0 Å². The van der Waals surface area contributed by atoms with Gasteiger partial charge >= 0.3 is 6.09 Å². The van der Waals surface area contributed by atoms with Crippen LogP contribution in [0, 0.1) is 26.6 Å². The quantitative estimate of drug-likeness (QED) is 0.175. The van der Waals surface area contributed by atoms with Gasteiger partial charge in [0.15, 0.2) is 0 Å². The molecule has 0 aliphatic carbocycles. The maximum Gasteiger partial charge on any atom is 0.413 e. The first kappa shape index (κ1) is 32.6. The molecule has 2 aromatic heterocycles. The van der Waals surface area contributed by atoms with Crippen molar-refractivity contribution in [3.8, 4) is 11.1 Å². The number of hydrogen-bond acceptors (Lipinski definition) is 8. The number of rotatable bonds is 9. The number of piperazine rings is 1. The number of benzene rings is 3. The van der Waals surface area contributed by atoms with E-state index >= 15 is 4.39 Å². The number of carbonyl (C=O) groups excluding carboxylic acids is 1. The van der Waals surface area contributed by atoms with Crippen molar-refractivity contribution in [2.45, 2.75) is 46.9 Å². The number of ether oxygens (including phenoxy) is 1. The van der Waals surface area contributed by atoms with E-state index in [1.165, 1.54) is 29.0 Å². The van der Waals surface area contributed by atoms with Gasteiger partial charge in [0, 0.05) is 50.0 Å². The number of amides is 1. The molecule has 1 amide bonds. The van der Waals surface area contributed by atoms with E-state index in [4.69, 9.17) is 4.74 Å². The summed E-state index contributed by atoms with van der Waals surface area (Å²) in [5.74, 6) is 0.143. The van der Waals surface area contributed by atoms with E-state index in [-0.39, 0.29) is 24.2 Å². The lowest BCUT2D eigenvalue weighted by Gasteiger charge is -2.39. The van der Waals surface area contributed by atoms with Crippen LogP contribution in [0.15, 0.2) is 79.3 Å². The number of carbonyl (C=O) groups is 1. The second-order valence-electron chi connectivity index (χ2n) is 12.4. The third-order valence-electron chi connectivity index (χ3n) is 9.17. The van der Waals surface area contributed by atoms with Crippen LogP contribution >= 0.6 is 0 Å². The molecule has 10 nitrogen and oxygen atoms in total. The van der Waals surface area contributed by atoms with Gasteiger partial charge in [-0.1, -0.05) is 24.3 Å². The number of likely N-dealkylation sites (N-methyl/N-ethyl adjacent to an activating group) is 1. The molecule has 5 aromatic rings. The Hall–Kier alpha value is -5.29. The van der Waals surface area contributed by atoms with E-state index in [2.05, 4.69) is 101 Å². The van der Waals surface area contributed by atoms with Crippen LogP contribution in [0.2, 0.25) is 0 Å². The predicted molar refractivity (Wildman–Crippen MR) is 187 cm³/mol. The molecule has 0 radical (unpaired) electrons. The average molecular weight is 649 g/mol.